The molecule has 8 heteroatoms. The first kappa shape index (κ1) is 17.5. The highest BCUT2D eigenvalue weighted by Gasteiger charge is 2.28. The summed E-state index contributed by atoms with van der Waals surface area (Å²) in [5.41, 5.74) is 1.57. The average molecular weight is 477 g/mol. The zero-order valence-electron chi connectivity index (χ0n) is 12.5. The summed E-state index contributed by atoms with van der Waals surface area (Å²) in [6, 6.07) is 11.9. The van der Waals surface area contributed by atoms with Crippen LogP contribution in [-0.2, 0) is 10.0 Å². The summed E-state index contributed by atoms with van der Waals surface area (Å²) in [5, 5.41) is 3.28. The van der Waals surface area contributed by atoms with E-state index < -0.39 is 10.0 Å². The molecule has 0 aliphatic carbocycles. The molecule has 5 nitrogen and oxygen atoms in total. The number of halogens is 2. The fraction of sp³-hybridized carbons (Fsp3) is 0.188. The molecule has 1 amide bonds. The van der Waals surface area contributed by atoms with Crippen LogP contribution in [0.2, 0.25) is 5.02 Å². The van der Waals surface area contributed by atoms with E-state index in [-0.39, 0.29) is 11.7 Å². The summed E-state index contributed by atoms with van der Waals surface area (Å²) in [5.74, 6) is -0.132. The van der Waals surface area contributed by atoms with Gasteiger partial charge in [0.1, 0.15) is 0 Å². The molecule has 0 bridgehead atoms. The SMILES string of the molecule is O=C(Nc1cccc(N2CCCS2(=O)=O)c1)c1cc(Cl)ccc1I. The van der Waals surface area contributed by atoms with Gasteiger partial charge in [0.05, 0.1) is 17.0 Å². The first-order valence-electron chi connectivity index (χ1n) is 7.24. The molecule has 2 aromatic carbocycles. The largest absolute Gasteiger partial charge is 0.322 e. The maximum atomic E-state index is 12.4. The van der Waals surface area contributed by atoms with Crippen LogP contribution in [0.5, 0.6) is 0 Å². The second kappa shape index (κ2) is 6.89. The van der Waals surface area contributed by atoms with Gasteiger partial charge >= 0.3 is 0 Å². The van der Waals surface area contributed by atoms with E-state index in [2.05, 4.69) is 27.9 Å². The number of hydrogen-bond donors (Lipinski definition) is 1. The summed E-state index contributed by atoms with van der Waals surface area (Å²) in [6.45, 7) is 0.464. The highest BCUT2D eigenvalue weighted by Crippen LogP contribution is 2.27. The summed E-state index contributed by atoms with van der Waals surface area (Å²) in [4.78, 5) is 12.4. The van der Waals surface area contributed by atoms with E-state index in [1.807, 2.05) is 0 Å². The molecule has 0 unspecified atom stereocenters. The Morgan fingerprint density at radius 1 is 1.21 bits per heavy atom. The molecule has 24 heavy (non-hydrogen) atoms. The molecule has 1 fully saturated rings. The van der Waals surface area contributed by atoms with Crippen molar-refractivity contribution in [1.29, 1.82) is 0 Å². The molecule has 0 spiro atoms. The molecule has 1 aliphatic rings. The minimum atomic E-state index is -3.25. The number of nitrogens with one attached hydrogen (secondary N) is 1. The lowest BCUT2D eigenvalue weighted by atomic mass is 10.2. The number of amides is 1. The van der Waals surface area contributed by atoms with Crippen LogP contribution in [0.1, 0.15) is 16.8 Å². The van der Waals surface area contributed by atoms with Crippen molar-refractivity contribution < 1.29 is 13.2 Å². The lowest BCUT2D eigenvalue weighted by Crippen LogP contribution is -2.25. The van der Waals surface area contributed by atoms with Crippen LogP contribution in [0.25, 0.3) is 0 Å². The van der Waals surface area contributed by atoms with Gasteiger partial charge in [-0.15, -0.1) is 0 Å². The van der Waals surface area contributed by atoms with E-state index in [1.54, 1.807) is 42.5 Å². The van der Waals surface area contributed by atoms with Gasteiger partial charge in [-0.2, -0.15) is 0 Å². The average Bonchev–Trinajstić information content (AvgIpc) is 2.89. The Bertz CT molecular complexity index is 902. The molecule has 1 heterocycles. The molecule has 0 saturated carbocycles. The van der Waals surface area contributed by atoms with Gasteiger partial charge in [0.25, 0.3) is 5.91 Å². The van der Waals surface area contributed by atoms with Crippen molar-refractivity contribution in [1.82, 2.24) is 0 Å². The third-order valence-corrected chi connectivity index (χ3v) is 6.71. The van der Waals surface area contributed by atoms with Gasteiger partial charge in [0.2, 0.25) is 10.0 Å². The molecule has 1 saturated heterocycles. The molecule has 0 atom stereocenters. The van der Waals surface area contributed by atoms with Gasteiger partial charge in [-0.1, -0.05) is 17.7 Å². The Morgan fingerprint density at radius 3 is 2.71 bits per heavy atom. The van der Waals surface area contributed by atoms with Gasteiger partial charge in [-0.25, -0.2) is 8.42 Å². The van der Waals surface area contributed by atoms with E-state index >= 15 is 0 Å². The Labute approximate surface area is 159 Å². The lowest BCUT2D eigenvalue weighted by molar-refractivity contribution is 0.102. The minimum Gasteiger partial charge on any atom is -0.322 e. The normalized spacial score (nSPS) is 16.2. The smallest absolute Gasteiger partial charge is 0.256 e. The molecule has 0 radical (unpaired) electrons. The topological polar surface area (TPSA) is 66.5 Å². The van der Waals surface area contributed by atoms with Crippen molar-refractivity contribution >= 4 is 61.5 Å². The molecule has 1 aliphatic heterocycles. The number of carbonyl (C=O) groups is 1. The highest BCUT2D eigenvalue weighted by molar-refractivity contribution is 14.1. The molecule has 3 rings (SSSR count). The summed E-state index contributed by atoms with van der Waals surface area (Å²) in [6.07, 6.45) is 0.611. The Hall–Kier alpha value is -1.32. The molecule has 2 aromatic rings. The summed E-state index contributed by atoms with van der Waals surface area (Å²) in [7, 11) is -3.25. The van der Waals surface area contributed by atoms with Crippen LogP contribution >= 0.6 is 34.2 Å². The van der Waals surface area contributed by atoms with E-state index in [9.17, 15) is 13.2 Å². The number of nitrogens with zero attached hydrogens (tertiary/aromatic N) is 1. The number of carbonyl (C=O) groups excluding carboxylic acids is 1. The zero-order chi connectivity index (χ0) is 17.3. The Balaban J connectivity index is 1.85. The number of anilines is 2. The van der Waals surface area contributed by atoms with Crippen molar-refractivity contribution in [2.75, 3.05) is 21.9 Å². The Morgan fingerprint density at radius 2 is 2.00 bits per heavy atom. The highest BCUT2D eigenvalue weighted by atomic mass is 127. The van der Waals surface area contributed by atoms with E-state index in [0.29, 0.717) is 34.9 Å². The van der Waals surface area contributed by atoms with Gasteiger partial charge in [0, 0.05) is 20.8 Å². The predicted octanol–water partition coefficient (Wildman–Crippen LogP) is 3.74. The first-order valence-corrected chi connectivity index (χ1v) is 10.3. The third kappa shape index (κ3) is 3.68. The monoisotopic (exact) mass is 476 g/mol. The van der Waals surface area contributed by atoms with E-state index in [1.165, 1.54) is 4.31 Å². The molecule has 1 N–H and O–H groups in total. The van der Waals surface area contributed by atoms with Crippen LogP contribution in [0.15, 0.2) is 42.5 Å². The number of rotatable bonds is 3. The van der Waals surface area contributed by atoms with Crippen LogP contribution in [0, 0.1) is 3.57 Å². The fourth-order valence-electron chi connectivity index (χ4n) is 2.54. The maximum absolute atomic E-state index is 12.4. The van der Waals surface area contributed by atoms with Crippen molar-refractivity contribution in [3.63, 3.8) is 0 Å². The minimum absolute atomic E-state index is 0.157. The second-order valence-corrected chi connectivity index (χ2v) is 8.98. The van der Waals surface area contributed by atoms with Crippen LogP contribution < -0.4 is 9.62 Å². The number of sulfonamides is 1. The van der Waals surface area contributed by atoms with Crippen molar-refractivity contribution in [3.8, 4) is 0 Å². The van der Waals surface area contributed by atoms with Gasteiger partial charge in [0.15, 0.2) is 0 Å². The second-order valence-electron chi connectivity index (χ2n) is 5.37. The third-order valence-electron chi connectivity index (χ3n) is 3.66. The molecule has 126 valence electrons. The predicted molar refractivity (Wildman–Crippen MR) is 104 cm³/mol. The van der Waals surface area contributed by atoms with Crippen molar-refractivity contribution in [3.05, 3.63) is 56.6 Å². The van der Waals surface area contributed by atoms with Gasteiger partial charge in [-0.3, -0.25) is 9.10 Å². The quantitative estimate of drug-likeness (QED) is 0.687. The lowest BCUT2D eigenvalue weighted by Gasteiger charge is -2.18. The zero-order valence-corrected chi connectivity index (χ0v) is 16.2. The van der Waals surface area contributed by atoms with Crippen molar-refractivity contribution in [2.45, 2.75) is 6.42 Å². The van der Waals surface area contributed by atoms with Gasteiger partial charge in [-0.05, 0) is 65.4 Å². The fourth-order valence-corrected chi connectivity index (χ4v) is 4.85. The molecule has 0 aromatic heterocycles. The first-order chi connectivity index (χ1) is 11.4. The maximum Gasteiger partial charge on any atom is 0.256 e. The van der Waals surface area contributed by atoms with Crippen LogP contribution in [-0.4, -0.2) is 26.6 Å². The van der Waals surface area contributed by atoms with E-state index in [0.717, 1.165) is 3.57 Å². The van der Waals surface area contributed by atoms with E-state index in [4.69, 9.17) is 11.6 Å². The summed E-state index contributed by atoms with van der Waals surface area (Å²) >= 11 is 8.02. The molecular formula is C16H14ClIN2O3S. The van der Waals surface area contributed by atoms with Crippen LogP contribution in [0.4, 0.5) is 11.4 Å². The Kier molecular flexibility index (Phi) is 5.03. The van der Waals surface area contributed by atoms with Crippen molar-refractivity contribution in [2.24, 2.45) is 0 Å². The summed E-state index contributed by atoms with van der Waals surface area (Å²) < 4.78 is 26.2. The molecular weight excluding hydrogens is 463 g/mol. The van der Waals surface area contributed by atoms with Crippen LogP contribution in [0.3, 0.4) is 0 Å². The number of hydrogen-bond acceptors (Lipinski definition) is 3. The number of benzene rings is 2. The van der Waals surface area contributed by atoms with Gasteiger partial charge < -0.3 is 5.32 Å². The standard InChI is InChI=1S/C16H14ClIN2O3S/c17-11-5-6-15(18)14(9-11)16(21)19-12-3-1-4-13(10-12)20-7-2-8-24(20,22)23/h1,3-6,9-10H,2,7-8H2,(H,19,21).